The molecular weight excluding hydrogens is 314 g/mol. The average molecular weight is 340 g/mol. The number of nitrogens with zero attached hydrogens (tertiary/aromatic N) is 1. The summed E-state index contributed by atoms with van der Waals surface area (Å²) in [5, 5.41) is 6.33. The van der Waals surface area contributed by atoms with Crippen LogP contribution in [0, 0.1) is 5.92 Å². The number of nitrogens with one attached hydrogen (secondary N) is 2. The van der Waals surface area contributed by atoms with Crippen molar-refractivity contribution in [1.29, 1.82) is 0 Å². The van der Waals surface area contributed by atoms with Gasteiger partial charge in [-0.15, -0.1) is 12.4 Å². The van der Waals surface area contributed by atoms with Gasteiger partial charge in [0.25, 0.3) is 0 Å². The fraction of sp³-hybridized carbons (Fsp3) is 0.588. The first kappa shape index (κ1) is 18.2. The molecule has 0 bridgehead atoms. The van der Waals surface area contributed by atoms with Crippen molar-refractivity contribution in [3.63, 3.8) is 0 Å². The van der Waals surface area contributed by atoms with Crippen LogP contribution >= 0.6 is 12.4 Å². The molecule has 128 valence electrons. The quantitative estimate of drug-likeness (QED) is 0.879. The topological polar surface area (TPSA) is 53.6 Å². The van der Waals surface area contributed by atoms with Crippen molar-refractivity contribution in [3.8, 4) is 0 Å². The molecule has 2 N–H and O–H groups in total. The van der Waals surface area contributed by atoms with Gasteiger partial charge in [0.15, 0.2) is 0 Å². The Morgan fingerprint density at radius 1 is 1.17 bits per heavy atom. The van der Waals surface area contributed by atoms with Gasteiger partial charge >= 0.3 is 0 Å². The van der Waals surface area contributed by atoms with Gasteiger partial charge < -0.3 is 15.4 Å². The molecule has 2 aliphatic heterocycles. The Morgan fingerprint density at radius 2 is 1.83 bits per heavy atom. The lowest BCUT2D eigenvalue weighted by Crippen LogP contribution is -2.35. The van der Waals surface area contributed by atoms with E-state index >= 15 is 0 Å². The summed E-state index contributed by atoms with van der Waals surface area (Å²) in [6.07, 6.45) is 1.86. The largest absolute Gasteiger partial charge is 0.379 e. The second kappa shape index (κ2) is 9.23. The summed E-state index contributed by atoms with van der Waals surface area (Å²) >= 11 is 0. The fourth-order valence-corrected chi connectivity index (χ4v) is 3.04. The number of carbonyl (C=O) groups is 1. The molecule has 1 aromatic carbocycles. The molecule has 2 saturated heterocycles. The molecule has 6 heteroatoms. The van der Waals surface area contributed by atoms with Crippen molar-refractivity contribution in [2.45, 2.75) is 19.4 Å². The summed E-state index contributed by atoms with van der Waals surface area (Å²) in [6, 6.07) is 8.23. The van der Waals surface area contributed by atoms with Gasteiger partial charge in [-0.25, -0.2) is 0 Å². The number of hydrogen-bond donors (Lipinski definition) is 2. The first-order valence-electron chi connectivity index (χ1n) is 8.22. The molecule has 2 aliphatic rings. The van der Waals surface area contributed by atoms with Gasteiger partial charge in [0.05, 0.1) is 13.2 Å². The second-order valence-electron chi connectivity index (χ2n) is 6.10. The number of rotatable bonds is 4. The van der Waals surface area contributed by atoms with Crippen LogP contribution in [0.4, 0.5) is 5.69 Å². The van der Waals surface area contributed by atoms with Crippen LogP contribution in [-0.2, 0) is 16.1 Å². The highest BCUT2D eigenvalue weighted by Crippen LogP contribution is 2.17. The first-order chi connectivity index (χ1) is 10.8. The molecule has 0 radical (unpaired) electrons. The minimum Gasteiger partial charge on any atom is -0.379 e. The highest BCUT2D eigenvalue weighted by Gasteiger charge is 2.20. The summed E-state index contributed by atoms with van der Waals surface area (Å²) in [6.45, 7) is 6.47. The fourth-order valence-electron chi connectivity index (χ4n) is 3.04. The number of piperidine rings is 1. The number of morpholine rings is 1. The van der Waals surface area contributed by atoms with Crippen LogP contribution in [-0.4, -0.2) is 50.2 Å². The number of hydrogen-bond acceptors (Lipinski definition) is 4. The standard InChI is InChI=1S/C17H25N3O2.ClH/c21-17(15-5-7-18-8-6-15)19-16-3-1-14(2-4-16)13-20-9-11-22-12-10-20;/h1-4,15,18H,5-13H2,(H,19,21);1H. The van der Waals surface area contributed by atoms with Crippen LogP contribution < -0.4 is 10.6 Å². The number of anilines is 1. The monoisotopic (exact) mass is 339 g/mol. The number of amides is 1. The van der Waals surface area contributed by atoms with Crippen LogP contribution in [0.1, 0.15) is 18.4 Å². The molecule has 0 atom stereocenters. The van der Waals surface area contributed by atoms with Gasteiger partial charge in [-0.2, -0.15) is 0 Å². The Hall–Kier alpha value is -1.14. The maximum atomic E-state index is 12.2. The lowest BCUT2D eigenvalue weighted by Gasteiger charge is -2.26. The molecule has 0 aliphatic carbocycles. The van der Waals surface area contributed by atoms with Gasteiger partial charge in [-0.1, -0.05) is 12.1 Å². The van der Waals surface area contributed by atoms with E-state index in [-0.39, 0.29) is 24.2 Å². The van der Waals surface area contributed by atoms with E-state index < -0.39 is 0 Å². The van der Waals surface area contributed by atoms with Crippen LogP contribution in [0.2, 0.25) is 0 Å². The molecule has 0 aromatic heterocycles. The van der Waals surface area contributed by atoms with E-state index in [1.54, 1.807) is 0 Å². The van der Waals surface area contributed by atoms with Crippen molar-refractivity contribution >= 4 is 24.0 Å². The normalized spacial score (nSPS) is 19.8. The molecule has 0 unspecified atom stereocenters. The van der Waals surface area contributed by atoms with Gasteiger partial charge in [-0.05, 0) is 43.6 Å². The number of ether oxygens (including phenoxy) is 1. The average Bonchev–Trinajstić information content (AvgIpc) is 2.58. The van der Waals surface area contributed by atoms with Crippen LogP contribution in [0.3, 0.4) is 0 Å². The molecular formula is C17H26ClN3O2. The highest BCUT2D eigenvalue weighted by atomic mass is 35.5. The zero-order valence-electron chi connectivity index (χ0n) is 13.4. The maximum Gasteiger partial charge on any atom is 0.227 e. The van der Waals surface area contributed by atoms with Crippen LogP contribution in [0.25, 0.3) is 0 Å². The predicted octanol–water partition coefficient (Wildman–Crippen LogP) is 1.88. The first-order valence-corrected chi connectivity index (χ1v) is 8.22. The van der Waals surface area contributed by atoms with E-state index in [0.717, 1.165) is 64.5 Å². The summed E-state index contributed by atoms with van der Waals surface area (Å²) in [7, 11) is 0. The van der Waals surface area contributed by atoms with Crippen molar-refractivity contribution in [2.75, 3.05) is 44.7 Å². The molecule has 1 amide bonds. The third kappa shape index (κ3) is 5.46. The van der Waals surface area contributed by atoms with Gasteiger partial charge in [0.1, 0.15) is 0 Å². The van der Waals surface area contributed by atoms with Gasteiger partial charge in [0, 0.05) is 31.2 Å². The maximum absolute atomic E-state index is 12.2. The highest BCUT2D eigenvalue weighted by molar-refractivity contribution is 5.92. The molecule has 2 heterocycles. The summed E-state index contributed by atoms with van der Waals surface area (Å²) in [5.74, 6) is 0.303. The Morgan fingerprint density at radius 3 is 2.48 bits per heavy atom. The SMILES string of the molecule is Cl.O=C(Nc1ccc(CN2CCOCC2)cc1)C1CCNCC1. The molecule has 1 aromatic rings. The Bertz CT molecular complexity index is 483. The van der Waals surface area contributed by atoms with Crippen LogP contribution in [0.5, 0.6) is 0 Å². The summed E-state index contributed by atoms with van der Waals surface area (Å²) < 4.78 is 5.36. The Balaban J connectivity index is 0.00000192. The van der Waals surface area contributed by atoms with Crippen LogP contribution in [0.15, 0.2) is 24.3 Å². The third-order valence-electron chi connectivity index (χ3n) is 4.44. The second-order valence-corrected chi connectivity index (χ2v) is 6.10. The number of carbonyl (C=O) groups excluding carboxylic acids is 1. The van der Waals surface area contributed by atoms with Gasteiger partial charge in [0.2, 0.25) is 5.91 Å². The summed E-state index contributed by atoms with van der Waals surface area (Å²) in [4.78, 5) is 14.6. The third-order valence-corrected chi connectivity index (χ3v) is 4.44. The lowest BCUT2D eigenvalue weighted by atomic mass is 9.97. The van der Waals surface area contributed by atoms with Crippen molar-refractivity contribution < 1.29 is 9.53 Å². The zero-order valence-corrected chi connectivity index (χ0v) is 14.2. The Labute approximate surface area is 144 Å². The molecule has 2 fully saturated rings. The zero-order chi connectivity index (χ0) is 15.2. The molecule has 0 spiro atoms. The summed E-state index contributed by atoms with van der Waals surface area (Å²) in [5.41, 5.74) is 2.18. The van der Waals surface area contributed by atoms with E-state index in [9.17, 15) is 4.79 Å². The van der Waals surface area contributed by atoms with E-state index in [1.807, 2.05) is 12.1 Å². The van der Waals surface area contributed by atoms with E-state index in [1.165, 1.54) is 5.56 Å². The molecule has 5 nitrogen and oxygen atoms in total. The molecule has 23 heavy (non-hydrogen) atoms. The van der Waals surface area contributed by atoms with E-state index in [2.05, 4.69) is 27.7 Å². The Kier molecular flexibility index (Phi) is 7.30. The molecule has 0 saturated carbocycles. The van der Waals surface area contributed by atoms with Crippen molar-refractivity contribution in [3.05, 3.63) is 29.8 Å². The minimum atomic E-state index is 0. The van der Waals surface area contributed by atoms with Crippen molar-refractivity contribution in [1.82, 2.24) is 10.2 Å². The predicted molar refractivity (Wildman–Crippen MR) is 94.0 cm³/mol. The lowest BCUT2D eigenvalue weighted by molar-refractivity contribution is -0.120. The molecule has 3 rings (SSSR count). The van der Waals surface area contributed by atoms with Crippen molar-refractivity contribution in [2.24, 2.45) is 5.92 Å². The van der Waals surface area contributed by atoms with E-state index in [4.69, 9.17) is 4.74 Å². The number of halogens is 1. The number of benzene rings is 1. The van der Waals surface area contributed by atoms with Gasteiger partial charge in [-0.3, -0.25) is 9.69 Å². The smallest absolute Gasteiger partial charge is 0.227 e. The minimum absolute atomic E-state index is 0. The van der Waals surface area contributed by atoms with E-state index in [0.29, 0.717) is 0 Å².